The Morgan fingerprint density at radius 1 is 1.02 bits per heavy atom. The molecular weight excluding hydrogens is 747 g/mol. The van der Waals surface area contributed by atoms with Crippen molar-refractivity contribution in [2.75, 3.05) is 6.54 Å². The molecule has 5 amide bonds. The summed E-state index contributed by atoms with van der Waals surface area (Å²) < 4.78 is 39.8. The van der Waals surface area contributed by atoms with Crippen molar-refractivity contribution in [1.29, 1.82) is 0 Å². The molecule has 17 heteroatoms. The Morgan fingerprint density at radius 2 is 1.73 bits per heavy atom. The molecule has 7 rings (SSSR count). The first-order valence-corrected chi connectivity index (χ1v) is 21.2. The van der Waals surface area contributed by atoms with E-state index in [2.05, 4.69) is 22.0 Å². The molecule has 3 aromatic rings. The maximum Gasteiger partial charge on any atom is 0.426 e. The zero-order valence-electron chi connectivity index (χ0n) is 31.2. The van der Waals surface area contributed by atoms with Crippen LogP contribution in [0, 0.1) is 5.92 Å². The predicted octanol–water partition coefficient (Wildman–Crippen LogP) is 5.04. The number of aromatic nitrogens is 2. The van der Waals surface area contributed by atoms with Crippen LogP contribution >= 0.6 is 11.3 Å². The molecule has 4 aliphatic rings. The number of carbonyl (C=O) groups excluding carboxylic acids is 4. The highest BCUT2D eigenvalue weighted by molar-refractivity contribution is 7.91. The van der Waals surface area contributed by atoms with Gasteiger partial charge >= 0.3 is 12.1 Å². The zero-order chi connectivity index (χ0) is 39.1. The maximum atomic E-state index is 14.7. The molecule has 294 valence electrons. The first-order chi connectivity index (χ1) is 26.2. The quantitative estimate of drug-likeness (QED) is 0.185. The van der Waals surface area contributed by atoms with Crippen LogP contribution in [-0.4, -0.2) is 93.4 Å². The summed E-state index contributed by atoms with van der Waals surface area (Å²) in [4.78, 5) is 67.7. The molecule has 4 fully saturated rings. The number of ether oxygens (including phenoxy) is 2. The summed E-state index contributed by atoms with van der Waals surface area (Å²) in [5.41, 5.74) is 2.04. The topological polar surface area (TPSA) is 189 Å². The van der Waals surface area contributed by atoms with Gasteiger partial charge in [0.15, 0.2) is 0 Å². The van der Waals surface area contributed by atoms with Gasteiger partial charge in [0.1, 0.15) is 29.0 Å². The molecule has 3 N–H and O–H groups in total. The molecular formula is C38H47N7O8S2. The van der Waals surface area contributed by atoms with Crippen LogP contribution in [0.25, 0.3) is 21.6 Å². The SMILES string of the molecule is C=C[C@@H]1CC1(NC(=O)[C@@H]1CC(Oc2nc3ccccc3nc2-c2cccs2)CN1C(=O)N(NC(=O)OC(C)(C)C)C1CCCCC1)C(=O)NS(=O)(=O)C1CC1. The first-order valence-electron chi connectivity index (χ1n) is 18.7. The number of amides is 5. The third-order valence-electron chi connectivity index (χ3n) is 10.4. The van der Waals surface area contributed by atoms with Crippen molar-refractivity contribution < 1.29 is 37.1 Å². The minimum atomic E-state index is -3.91. The van der Waals surface area contributed by atoms with Gasteiger partial charge in [0, 0.05) is 12.3 Å². The normalized spacial score (nSPS) is 24.1. The molecule has 2 aromatic heterocycles. The van der Waals surface area contributed by atoms with Crippen molar-refractivity contribution in [1.82, 2.24) is 35.3 Å². The van der Waals surface area contributed by atoms with Crippen molar-refractivity contribution in [3.05, 3.63) is 54.4 Å². The van der Waals surface area contributed by atoms with Gasteiger partial charge in [0.2, 0.25) is 21.8 Å². The molecule has 3 aliphatic carbocycles. The van der Waals surface area contributed by atoms with E-state index in [-0.39, 0.29) is 31.3 Å². The van der Waals surface area contributed by atoms with E-state index in [1.807, 2.05) is 41.8 Å². The lowest BCUT2D eigenvalue weighted by Crippen LogP contribution is -2.61. The lowest BCUT2D eigenvalue weighted by atomic mass is 9.95. The molecule has 0 bridgehead atoms. The van der Waals surface area contributed by atoms with Crippen LogP contribution < -0.4 is 20.2 Å². The smallest absolute Gasteiger partial charge is 0.426 e. The number of rotatable bonds is 10. The van der Waals surface area contributed by atoms with Crippen molar-refractivity contribution in [2.24, 2.45) is 5.92 Å². The molecule has 15 nitrogen and oxygen atoms in total. The number of fused-ring (bicyclic) bond motifs is 1. The number of thiophene rings is 1. The summed E-state index contributed by atoms with van der Waals surface area (Å²) in [6.07, 6.45) is 4.91. The molecule has 1 aromatic carbocycles. The van der Waals surface area contributed by atoms with Crippen molar-refractivity contribution in [3.8, 4) is 16.5 Å². The fraction of sp³-hybridized carbons (Fsp3) is 0.526. The highest BCUT2D eigenvalue weighted by Crippen LogP contribution is 2.46. The third-order valence-corrected chi connectivity index (χ3v) is 13.1. The Bertz CT molecular complexity index is 2080. The minimum Gasteiger partial charge on any atom is -0.471 e. The van der Waals surface area contributed by atoms with E-state index in [0.29, 0.717) is 42.4 Å². The number of sulfonamides is 1. The second-order valence-corrected chi connectivity index (χ2v) is 18.6. The Balaban J connectivity index is 1.21. The molecule has 0 radical (unpaired) electrons. The second kappa shape index (κ2) is 15.0. The van der Waals surface area contributed by atoms with Crippen LogP contribution in [0.3, 0.4) is 0 Å². The lowest BCUT2D eigenvalue weighted by Gasteiger charge is -2.38. The number of para-hydroxylation sites is 2. The highest BCUT2D eigenvalue weighted by Gasteiger charge is 2.62. The van der Waals surface area contributed by atoms with Crippen LogP contribution in [0.5, 0.6) is 5.88 Å². The molecule has 0 spiro atoms. The van der Waals surface area contributed by atoms with E-state index in [0.717, 1.165) is 24.1 Å². The number of nitrogens with zero attached hydrogens (tertiary/aromatic N) is 4. The average molecular weight is 794 g/mol. The summed E-state index contributed by atoms with van der Waals surface area (Å²) in [6, 6.07) is 8.99. The Morgan fingerprint density at radius 3 is 2.35 bits per heavy atom. The lowest BCUT2D eigenvalue weighted by molar-refractivity contribution is -0.131. The van der Waals surface area contributed by atoms with E-state index >= 15 is 0 Å². The van der Waals surface area contributed by atoms with E-state index in [4.69, 9.17) is 19.4 Å². The first kappa shape index (κ1) is 38.5. The number of carbonyl (C=O) groups is 4. The maximum absolute atomic E-state index is 14.7. The van der Waals surface area contributed by atoms with Gasteiger partial charge in [0.25, 0.3) is 5.91 Å². The molecule has 2 unspecified atom stereocenters. The molecule has 55 heavy (non-hydrogen) atoms. The molecule has 1 saturated heterocycles. The van der Waals surface area contributed by atoms with E-state index in [9.17, 15) is 27.6 Å². The van der Waals surface area contributed by atoms with Gasteiger partial charge < -0.3 is 19.7 Å². The largest absolute Gasteiger partial charge is 0.471 e. The van der Waals surface area contributed by atoms with E-state index in [1.54, 1.807) is 20.8 Å². The Labute approximate surface area is 324 Å². The highest BCUT2D eigenvalue weighted by atomic mass is 32.2. The number of hydrogen-bond acceptors (Lipinski definition) is 11. The average Bonchev–Trinajstić information content (AvgIpc) is 4.02. The fourth-order valence-corrected chi connectivity index (χ4v) is 9.40. The molecule has 3 saturated carbocycles. The number of nitrogens with one attached hydrogen (secondary N) is 3. The third kappa shape index (κ3) is 8.42. The van der Waals surface area contributed by atoms with E-state index < -0.39 is 68.4 Å². The number of benzene rings is 1. The van der Waals surface area contributed by atoms with Crippen LogP contribution in [0.15, 0.2) is 54.4 Å². The van der Waals surface area contributed by atoms with Gasteiger partial charge in [-0.1, -0.05) is 43.5 Å². The van der Waals surface area contributed by atoms with Gasteiger partial charge in [-0.3, -0.25) is 14.3 Å². The molecule has 4 atom stereocenters. The molecule has 3 heterocycles. The van der Waals surface area contributed by atoms with Gasteiger partial charge in [-0.05, 0) is 76.5 Å². The Hall–Kier alpha value is -4.77. The summed E-state index contributed by atoms with van der Waals surface area (Å²) >= 11 is 1.47. The summed E-state index contributed by atoms with van der Waals surface area (Å²) in [5.74, 6) is -1.82. The standard InChI is InChI=1S/C38H47N7O8S2/c1-5-23-21-38(23,34(47)43-55(50,51)26-17-18-26)41-32(46)29-20-25(52-33-31(30-16-11-19-54-30)39-27-14-9-10-15-28(27)40-33)22-44(29)36(49)45(24-12-7-6-8-13-24)42-35(48)53-37(2,3)4/h5,9-11,14-16,19,23-26,29H,1,6-8,12-13,17-18,20-22H2,2-4H3,(H,41,46)(H,42,48)(H,43,47)/t23-,25?,29+,38?/m1/s1. The monoisotopic (exact) mass is 793 g/mol. The van der Waals surface area contributed by atoms with Crippen LogP contribution in [0.4, 0.5) is 9.59 Å². The molecule has 1 aliphatic heterocycles. The zero-order valence-corrected chi connectivity index (χ0v) is 32.8. The van der Waals surface area contributed by atoms with Gasteiger partial charge in [-0.2, -0.15) is 0 Å². The Kier molecular flexibility index (Phi) is 10.5. The number of urea groups is 1. The van der Waals surface area contributed by atoms with Gasteiger partial charge in [-0.15, -0.1) is 17.9 Å². The van der Waals surface area contributed by atoms with E-state index in [1.165, 1.54) is 27.3 Å². The number of hydrazine groups is 1. The number of likely N-dealkylation sites (tertiary alicyclic amines) is 1. The van der Waals surface area contributed by atoms with Gasteiger partial charge in [-0.25, -0.2) is 38.4 Å². The van der Waals surface area contributed by atoms with Crippen molar-refractivity contribution >= 4 is 56.3 Å². The minimum absolute atomic E-state index is 0.00225. The predicted molar refractivity (Wildman–Crippen MR) is 205 cm³/mol. The van der Waals surface area contributed by atoms with Crippen LogP contribution in [-0.2, 0) is 24.3 Å². The number of hydrogen-bond donors (Lipinski definition) is 3. The van der Waals surface area contributed by atoms with Crippen molar-refractivity contribution in [3.63, 3.8) is 0 Å². The second-order valence-electron chi connectivity index (χ2n) is 15.7. The summed E-state index contributed by atoms with van der Waals surface area (Å²) in [6.45, 7) is 8.88. The summed E-state index contributed by atoms with van der Waals surface area (Å²) in [5, 5.41) is 5.35. The van der Waals surface area contributed by atoms with Crippen molar-refractivity contribution in [2.45, 2.75) is 113 Å². The fourth-order valence-electron chi connectivity index (χ4n) is 7.33. The van der Waals surface area contributed by atoms with Crippen LogP contribution in [0.1, 0.15) is 78.6 Å². The summed E-state index contributed by atoms with van der Waals surface area (Å²) in [7, 11) is -3.91. The van der Waals surface area contributed by atoms with Gasteiger partial charge in [0.05, 0.1) is 33.7 Å². The van der Waals surface area contributed by atoms with Crippen LogP contribution in [0.2, 0.25) is 0 Å².